The lowest BCUT2D eigenvalue weighted by Crippen LogP contribution is -2.49. The second kappa shape index (κ2) is 5.53. The van der Waals surface area contributed by atoms with Crippen LogP contribution in [0.4, 0.5) is 0 Å². The normalized spacial score (nSPS) is 15.0. The quantitative estimate of drug-likeness (QED) is 0.863. The van der Waals surface area contributed by atoms with Gasteiger partial charge in [-0.2, -0.15) is 0 Å². The number of aryl methyl sites for hydroxylation is 1. The first-order chi connectivity index (χ1) is 8.21. The highest BCUT2D eigenvalue weighted by atomic mass is 16.2. The van der Waals surface area contributed by atoms with E-state index >= 15 is 0 Å². The highest BCUT2D eigenvalue weighted by Gasteiger charge is 2.28. The molecule has 0 aromatic heterocycles. The molecular weight excluding hydrogens is 224 g/mol. The van der Waals surface area contributed by atoms with Crippen LogP contribution in [0, 0.1) is 12.3 Å². The summed E-state index contributed by atoms with van der Waals surface area (Å²) in [7, 11) is 0. The summed E-state index contributed by atoms with van der Waals surface area (Å²) in [6.07, 6.45) is 0. The van der Waals surface area contributed by atoms with E-state index in [1.165, 1.54) is 5.56 Å². The molecule has 0 aliphatic rings. The van der Waals surface area contributed by atoms with E-state index in [0.717, 1.165) is 5.56 Å². The first-order valence-electron chi connectivity index (χ1n) is 6.34. The minimum absolute atomic E-state index is 0.0218. The molecule has 1 aromatic carbocycles. The Morgan fingerprint density at radius 2 is 1.72 bits per heavy atom. The number of benzene rings is 1. The largest absolute Gasteiger partial charge is 0.348 e. The molecule has 0 aliphatic heterocycles. The molecular formula is C15H24N2O. The highest BCUT2D eigenvalue weighted by Crippen LogP contribution is 2.19. The zero-order valence-electron chi connectivity index (χ0n) is 11.9. The van der Waals surface area contributed by atoms with E-state index in [1.54, 1.807) is 0 Å². The maximum Gasteiger partial charge on any atom is 0.237 e. The predicted octanol–water partition coefficient (Wildman–Crippen LogP) is 2.55. The van der Waals surface area contributed by atoms with Crippen LogP contribution in [0.2, 0.25) is 0 Å². The van der Waals surface area contributed by atoms with Crippen LogP contribution < -0.4 is 11.1 Å². The van der Waals surface area contributed by atoms with E-state index in [-0.39, 0.29) is 17.4 Å². The van der Waals surface area contributed by atoms with E-state index in [2.05, 4.69) is 5.32 Å². The van der Waals surface area contributed by atoms with Crippen LogP contribution >= 0.6 is 0 Å². The summed E-state index contributed by atoms with van der Waals surface area (Å²) < 4.78 is 0. The number of amides is 1. The Kier molecular flexibility index (Phi) is 4.52. The van der Waals surface area contributed by atoms with Crippen LogP contribution in [0.25, 0.3) is 0 Å². The van der Waals surface area contributed by atoms with Crippen molar-refractivity contribution in [2.75, 3.05) is 0 Å². The molecule has 0 spiro atoms. The molecule has 18 heavy (non-hydrogen) atoms. The van der Waals surface area contributed by atoms with Crippen LogP contribution in [0.3, 0.4) is 0 Å². The third-order valence-corrected chi connectivity index (χ3v) is 3.15. The number of rotatable bonds is 3. The van der Waals surface area contributed by atoms with Crippen LogP contribution in [-0.2, 0) is 4.79 Å². The van der Waals surface area contributed by atoms with Gasteiger partial charge >= 0.3 is 0 Å². The van der Waals surface area contributed by atoms with E-state index in [9.17, 15) is 4.79 Å². The van der Waals surface area contributed by atoms with Crippen molar-refractivity contribution in [2.24, 2.45) is 11.1 Å². The van der Waals surface area contributed by atoms with Gasteiger partial charge in [-0.3, -0.25) is 4.79 Å². The molecule has 3 heteroatoms. The summed E-state index contributed by atoms with van der Waals surface area (Å²) in [5, 5.41) is 2.96. The average Bonchev–Trinajstić information content (AvgIpc) is 2.27. The molecule has 3 nitrogen and oxygen atoms in total. The Labute approximate surface area is 110 Å². The van der Waals surface area contributed by atoms with E-state index < -0.39 is 6.04 Å². The minimum atomic E-state index is -0.495. The fourth-order valence-corrected chi connectivity index (χ4v) is 1.63. The van der Waals surface area contributed by atoms with Crippen molar-refractivity contribution in [3.8, 4) is 0 Å². The Morgan fingerprint density at radius 1 is 1.22 bits per heavy atom. The lowest BCUT2D eigenvalue weighted by molar-refractivity contribution is -0.125. The molecule has 0 unspecified atom stereocenters. The maximum atomic E-state index is 12.0. The van der Waals surface area contributed by atoms with E-state index in [4.69, 9.17) is 5.73 Å². The van der Waals surface area contributed by atoms with Gasteiger partial charge in [-0.15, -0.1) is 0 Å². The van der Waals surface area contributed by atoms with E-state index in [1.807, 2.05) is 58.9 Å². The summed E-state index contributed by atoms with van der Waals surface area (Å²) in [4.78, 5) is 12.0. The molecule has 1 rings (SSSR count). The highest BCUT2D eigenvalue weighted by molar-refractivity contribution is 5.82. The summed E-state index contributed by atoms with van der Waals surface area (Å²) in [5.41, 5.74) is 8.01. The van der Waals surface area contributed by atoms with Gasteiger partial charge in [0.2, 0.25) is 5.91 Å². The van der Waals surface area contributed by atoms with Crippen molar-refractivity contribution in [3.05, 3.63) is 35.4 Å². The monoisotopic (exact) mass is 248 g/mol. The molecule has 3 N–H and O–H groups in total. The third kappa shape index (κ3) is 3.84. The Morgan fingerprint density at radius 3 is 2.17 bits per heavy atom. The number of hydrogen-bond acceptors (Lipinski definition) is 2. The van der Waals surface area contributed by atoms with Gasteiger partial charge in [-0.1, -0.05) is 50.6 Å². The lowest BCUT2D eigenvalue weighted by atomic mass is 9.86. The molecule has 100 valence electrons. The molecule has 1 aromatic rings. The zero-order valence-corrected chi connectivity index (χ0v) is 11.9. The summed E-state index contributed by atoms with van der Waals surface area (Å²) >= 11 is 0. The van der Waals surface area contributed by atoms with Gasteiger partial charge in [0.05, 0.1) is 12.1 Å². The van der Waals surface area contributed by atoms with Crippen molar-refractivity contribution in [3.63, 3.8) is 0 Å². The molecule has 0 saturated heterocycles. The maximum absolute atomic E-state index is 12.0. The molecule has 0 bridgehead atoms. The second-order valence-corrected chi connectivity index (χ2v) is 5.98. The molecule has 1 amide bonds. The number of carbonyl (C=O) groups is 1. The van der Waals surface area contributed by atoms with Crippen LogP contribution in [0.15, 0.2) is 24.3 Å². The summed E-state index contributed by atoms with van der Waals surface area (Å²) in [6.45, 7) is 9.91. The van der Waals surface area contributed by atoms with Crippen molar-refractivity contribution in [1.29, 1.82) is 0 Å². The van der Waals surface area contributed by atoms with Crippen molar-refractivity contribution in [1.82, 2.24) is 5.32 Å². The first-order valence-corrected chi connectivity index (χ1v) is 6.34. The van der Waals surface area contributed by atoms with Gasteiger partial charge in [0, 0.05) is 0 Å². The first kappa shape index (κ1) is 14.7. The number of hydrogen-bond donors (Lipinski definition) is 2. The predicted molar refractivity (Wildman–Crippen MR) is 75.2 cm³/mol. The third-order valence-electron chi connectivity index (χ3n) is 3.15. The van der Waals surface area contributed by atoms with Gasteiger partial charge in [-0.25, -0.2) is 0 Å². The van der Waals surface area contributed by atoms with Gasteiger partial charge in [0.1, 0.15) is 0 Å². The minimum Gasteiger partial charge on any atom is -0.348 e. The van der Waals surface area contributed by atoms with E-state index in [0.29, 0.717) is 0 Å². The van der Waals surface area contributed by atoms with Crippen LogP contribution in [0.5, 0.6) is 0 Å². The van der Waals surface area contributed by atoms with Crippen molar-refractivity contribution >= 4 is 5.91 Å². The Hall–Kier alpha value is -1.35. The van der Waals surface area contributed by atoms with Crippen LogP contribution in [0.1, 0.15) is 44.9 Å². The lowest BCUT2D eigenvalue weighted by Gasteiger charge is -2.27. The Balaban J connectivity index is 2.68. The smallest absolute Gasteiger partial charge is 0.237 e. The topological polar surface area (TPSA) is 55.1 Å². The second-order valence-electron chi connectivity index (χ2n) is 5.98. The molecule has 0 heterocycles. The number of nitrogens with one attached hydrogen (secondary N) is 1. The fraction of sp³-hybridized carbons (Fsp3) is 0.533. The Bertz CT molecular complexity index is 403. The fourth-order valence-electron chi connectivity index (χ4n) is 1.63. The molecule has 0 fully saturated rings. The average molecular weight is 248 g/mol. The van der Waals surface area contributed by atoms with Gasteiger partial charge in [0.15, 0.2) is 0 Å². The number of nitrogens with two attached hydrogens (primary N) is 1. The molecule has 2 atom stereocenters. The van der Waals surface area contributed by atoms with Crippen LogP contribution in [-0.4, -0.2) is 11.9 Å². The van der Waals surface area contributed by atoms with Gasteiger partial charge < -0.3 is 11.1 Å². The summed E-state index contributed by atoms with van der Waals surface area (Å²) in [6, 6.07) is 7.63. The van der Waals surface area contributed by atoms with Gasteiger partial charge in [-0.05, 0) is 24.8 Å². The van der Waals surface area contributed by atoms with Crippen molar-refractivity contribution in [2.45, 2.75) is 46.7 Å². The SMILES string of the molecule is Cc1ccc([C@@H](C)NC(=O)[C@H](N)C(C)(C)C)cc1. The summed E-state index contributed by atoms with van der Waals surface area (Å²) in [5.74, 6) is -0.101. The standard InChI is InChI=1S/C15H24N2O/c1-10-6-8-12(9-7-10)11(2)17-14(18)13(16)15(3,4)5/h6-9,11,13H,16H2,1-5H3,(H,17,18)/t11-,13+/m1/s1. The zero-order chi connectivity index (χ0) is 13.9. The molecule has 0 aliphatic carbocycles. The number of carbonyl (C=O) groups excluding carboxylic acids is 1. The van der Waals surface area contributed by atoms with Gasteiger partial charge in [0.25, 0.3) is 0 Å². The molecule has 0 saturated carbocycles. The molecule has 0 radical (unpaired) electrons. The van der Waals surface area contributed by atoms with Crippen molar-refractivity contribution < 1.29 is 4.79 Å².